The minimum absolute atomic E-state index is 0.194. The molecule has 0 bridgehead atoms. The van der Waals surface area contributed by atoms with Gasteiger partial charge in [-0.25, -0.2) is 0 Å². The second-order valence-corrected chi connectivity index (χ2v) is 7.31. The van der Waals surface area contributed by atoms with Crippen LogP contribution >= 0.6 is 11.8 Å². The number of nitrogens with zero attached hydrogens (tertiary/aromatic N) is 2. The molecular weight excluding hydrogens is 350 g/mol. The normalized spacial score (nSPS) is 12.0. The van der Waals surface area contributed by atoms with Crippen molar-refractivity contribution in [2.24, 2.45) is 0 Å². The molecule has 7 heteroatoms. The average Bonchev–Trinajstić information content (AvgIpc) is 2.98. The van der Waals surface area contributed by atoms with Gasteiger partial charge < -0.3 is 14.9 Å². The van der Waals surface area contributed by atoms with Gasteiger partial charge in [0, 0.05) is 17.8 Å². The molecule has 1 amide bonds. The summed E-state index contributed by atoms with van der Waals surface area (Å²) >= 11 is 1.12. The Hall–Kier alpha value is -2.80. The van der Waals surface area contributed by atoms with Crippen molar-refractivity contribution in [3.63, 3.8) is 0 Å². The summed E-state index contributed by atoms with van der Waals surface area (Å²) in [6, 6.07) is 15.1. The lowest BCUT2D eigenvalue weighted by atomic mass is 10.2. The van der Waals surface area contributed by atoms with Gasteiger partial charge in [0.15, 0.2) is 5.95 Å². The van der Waals surface area contributed by atoms with Crippen LogP contribution in [0, 0.1) is 13.8 Å². The van der Waals surface area contributed by atoms with Gasteiger partial charge in [0.1, 0.15) is 0 Å². The molecular formula is C19H19N3O3S. The van der Waals surface area contributed by atoms with Gasteiger partial charge >= 0.3 is 0 Å². The Balaban J connectivity index is 1.78. The first-order valence-electron chi connectivity index (χ1n) is 8.15. The first-order valence-corrected chi connectivity index (χ1v) is 9.03. The molecule has 26 heavy (non-hydrogen) atoms. The predicted molar refractivity (Wildman–Crippen MR) is 97.3 cm³/mol. The lowest BCUT2D eigenvalue weighted by Crippen LogP contribution is -2.36. The average molecular weight is 369 g/mol. The molecule has 134 valence electrons. The molecule has 1 heterocycles. The van der Waals surface area contributed by atoms with Crippen molar-refractivity contribution in [1.29, 1.82) is 0 Å². The maximum atomic E-state index is 12.5. The van der Waals surface area contributed by atoms with Crippen molar-refractivity contribution < 1.29 is 19.1 Å². The van der Waals surface area contributed by atoms with E-state index in [4.69, 9.17) is 4.52 Å². The van der Waals surface area contributed by atoms with Crippen LogP contribution in [-0.2, 0) is 4.79 Å². The Morgan fingerprint density at radius 3 is 2.58 bits per heavy atom. The number of carbonyl (C=O) groups excluding carboxylic acids is 1. The van der Waals surface area contributed by atoms with Gasteiger partial charge in [0.2, 0.25) is 11.6 Å². The number of thioether (sulfide) groups is 1. The van der Waals surface area contributed by atoms with Gasteiger partial charge in [0.25, 0.3) is 5.03 Å². The standard InChI is InChI=1S/C19H19N3O3S/c1-12-8-10-15(11-9-12)22-18(19(24)25-21-22)26-14(3)17(23)20-16-7-5-4-6-13(16)2/h4-11,14H,1-3H3,(H-,20,21,23,24). The number of para-hydroxylation sites is 1. The number of hydrogen-bond donors (Lipinski definition) is 1. The second-order valence-electron chi connectivity index (χ2n) is 5.98. The van der Waals surface area contributed by atoms with E-state index in [9.17, 15) is 9.90 Å². The van der Waals surface area contributed by atoms with Crippen LogP contribution in [-0.4, -0.2) is 16.4 Å². The number of aryl methyl sites for hydroxylation is 2. The summed E-state index contributed by atoms with van der Waals surface area (Å²) in [6.45, 7) is 5.64. The molecule has 1 aromatic heterocycles. The van der Waals surface area contributed by atoms with E-state index in [1.54, 1.807) is 6.92 Å². The Morgan fingerprint density at radius 2 is 1.88 bits per heavy atom. The maximum Gasteiger partial charge on any atom is 0.298 e. The van der Waals surface area contributed by atoms with Gasteiger partial charge in [0.05, 0.1) is 10.5 Å². The van der Waals surface area contributed by atoms with Crippen LogP contribution in [0.5, 0.6) is 5.95 Å². The number of benzene rings is 2. The van der Waals surface area contributed by atoms with E-state index < -0.39 is 11.2 Å². The fourth-order valence-corrected chi connectivity index (χ4v) is 3.23. The highest BCUT2D eigenvalue weighted by Gasteiger charge is 2.26. The summed E-state index contributed by atoms with van der Waals surface area (Å²) in [5.74, 6) is -0.758. The Morgan fingerprint density at radius 1 is 1.19 bits per heavy atom. The van der Waals surface area contributed by atoms with Crippen molar-refractivity contribution in [2.75, 3.05) is 5.32 Å². The quantitative estimate of drug-likeness (QED) is 0.552. The molecule has 3 aromatic rings. The van der Waals surface area contributed by atoms with Crippen LogP contribution in [0.15, 0.2) is 58.1 Å². The molecule has 1 N–H and O–H groups in total. The summed E-state index contributed by atoms with van der Waals surface area (Å²) in [7, 11) is 0. The molecule has 0 aliphatic rings. The monoisotopic (exact) mass is 369 g/mol. The number of aromatic nitrogens is 2. The van der Waals surface area contributed by atoms with Crippen molar-refractivity contribution in [2.45, 2.75) is 31.0 Å². The van der Waals surface area contributed by atoms with Gasteiger partial charge in [-0.05, 0) is 48.8 Å². The molecule has 0 spiro atoms. The molecule has 1 unspecified atom stereocenters. The van der Waals surface area contributed by atoms with Crippen LogP contribution < -0.4 is 15.1 Å². The Kier molecular flexibility index (Phi) is 5.27. The van der Waals surface area contributed by atoms with Crippen LogP contribution in [0.4, 0.5) is 5.69 Å². The Labute approximate surface area is 155 Å². The van der Waals surface area contributed by atoms with Crippen molar-refractivity contribution in [3.8, 4) is 11.6 Å². The highest BCUT2D eigenvalue weighted by atomic mass is 32.2. The van der Waals surface area contributed by atoms with Crippen LogP contribution in [0.1, 0.15) is 18.1 Å². The summed E-state index contributed by atoms with van der Waals surface area (Å²) in [4.78, 5) is 12.5. The van der Waals surface area contributed by atoms with Crippen molar-refractivity contribution in [1.82, 2.24) is 5.27 Å². The van der Waals surface area contributed by atoms with Crippen LogP contribution in [0.25, 0.3) is 5.69 Å². The highest BCUT2D eigenvalue weighted by molar-refractivity contribution is 8.00. The predicted octanol–water partition coefficient (Wildman–Crippen LogP) is 2.76. The third-order valence-corrected chi connectivity index (χ3v) is 5.04. The number of rotatable bonds is 5. The van der Waals surface area contributed by atoms with Gasteiger partial charge in [-0.2, -0.15) is 0 Å². The highest BCUT2D eigenvalue weighted by Crippen LogP contribution is 2.28. The third-order valence-electron chi connectivity index (χ3n) is 3.91. The summed E-state index contributed by atoms with van der Waals surface area (Å²) in [5.41, 5.74) is 3.53. The zero-order chi connectivity index (χ0) is 18.7. The molecule has 0 saturated heterocycles. The minimum Gasteiger partial charge on any atom is -0.538 e. The van der Waals surface area contributed by atoms with Crippen molar-refractivity contribution in [3.05, 3.63) is 59.7 Å². The topological polar surface area (TPSA) is 82.1 Å². The molecule has 3 rings (SSSR count). The van der Waals surface area contributed by atoms with E-state index in [2.05, 4.69) is 10.6 Å². The number of anilines is 1. The maximum absolute atomic E-state index is 12.5. The molecule has 2 aromatic carbocycles. The van der Waals surface area contributed by atoms with Gasteiger partial charge in [-0.15, -0.1) is 0 Å². The first-order chi connectivity index (χ1) is 12.5. The summed E-state index contributed by atoms with van der Waals surface area (Å²) < 4.78 is 6.22. The number of nitrogens with one attached hydrogen (secondary N) is 1. The van der Waals surface area contributed by atoms with E-state index in [1.807, 2.05) is 62.4 Å². The SMILES string of the molecule is Cc1ccc(-[n+]2noc([O-])c2SC(C)C(=O)Nc2ccccc2C)cc1. The smallest absolute Gasteiger partial charge is 0.298 e. The molecule has 0 aliphatic heterocycles. The first kappa shape index (κ1) is 18.0. The van der Waals surface area contributed by atoms with Crippen molar-refractivity contribution >= 4 is 23.4 Å². The fraction of sp³-hybridized carbons (Fsp3) is 0.211. The largest absolute Gasteiger partial charge is 0.538 e. The third kappa shape index (κ3) is 3.88. The van der Waals surface area contributed by atoms with Crippen LogP contribution in [0.3, 0.4) is 0 Å². The zero-order valence-electron chi connectivity index (χ0n) is 14.7. The zero-order valence-corrected chi connectivity index (χ0v) is 15.5. The molecule has 0 fully saturated rings. The summed E-state index contributed by atoms with van der Waals surface area (Å²) in [6.07, 6.45) is 0. The second kappa shape index (κ2) is 7.61. The minimum atomic E-state index is -0.564. The van der Waals surface area contributed by atoms with Gasteiger partial charge in [-0.1, -0.05) is 35.9 Å². The molecule has 6 nitrogen and oxygen atoms in total. The molecule has 0 radical (unpaired) electrons. The molecule has 1 atom stereocenters. The lowest BCUT2D eigenvalue weighted by Gasteiger charge is -2.12. The number of carbonyl (C=O) groups is 1. The Bertz CT molecular complexity index is 922. The van der Waals surface area contributed by atoms with E-state index in [0.717, 1.165) is 28.6 Å². The van der Waals surface area contributed by atoms with Gasteiger partial charge in [-0.3, -0.25) is 4.79 Å². The molecule has 0 saturated carbocycles. The molecule has 0 aliphatic carbocycles. The fourth-order valence-electron chi connectivity index (χ4n) is 2.36. The van der Waals surface area contributed by atoms with E-state index in [-0.39, 0.29) is 10.9 Å². The van der Waals surface area contributed by atoms with Crippen LogP contribution in [0.2, 0.25) is 0 Å². The summed E-state index contributed by atoms with van der Waals surface area (Å²) in [5, 5.41) is 18.5. The van der Waals surface area contributed by atoms with E-state index >= 15 is 0 Å². The number of amides is 1. The van der Waals surface area contributed by atoms with E-state index in [1.165, 1.54) is 4.68 Å². The lowest BCUT2D eigenvalue weighted by molar-refractivity contribution is -0.705. The van der Waals surface area contributed by atoms with E-state index in [0.29, 0.717) is 5.69 Å². The number of hydrogen-bond acceptors (Lipinski definition) is 5.